The Morgan fingerprint density at radius 1 is 1.06 bits per heavy atom. The number of carbonyl (C=O) groups excluding carboxylic acids is 1. The lowest BCUT2D eigenvalue weighted by molar-refractivity contribution is 0.0761. The summed E-state index contributed by atoms with van der Waals surface area (Å²) < 4.78 is 29.7. The topological polar surface area (TPSA) is 73.3 Å². The summed E-state index contributed by atoms with van der Waals surface area (Å²) in [5, 5.41) is 0. The van der Waals surface area contributed by atoms with Gasteiger partial charge in [-0.25, -0.2) is 22.7 Å². The number of nitrogens with zero attached hydrogens (tertiary/aromatic N) is 2. The minimum absolute atomic E-state index is 0.0166. The highest BCUT2D eigenvalue weighted by atomic mass is 32.2. The highest BCUT2D eigenvalue weighted by Crippen LogP contribution is 2.41. The summed E-state index contributed by atoms with van der Waals surface area (Å²) in [5.41, 5.74) is 2.52. The quantitative estimate of drug-likeness (QED) is 0.498. The highest BCUT2D eigenvalue weighted by Gasteiger charge is 2.50. The van der Waals surface area contributed by atoms with E-state index in [4.69, 9.17) is 4.74 Å². The minimum atomic E-state index is -3.28. The van der Waals surface area contributed by atoms with E-state index in [9.17, 15) is 13.2 Å². The third-order valence-corrected chi connectivity index (χ3v) is 6.80. The minimum Gasteiger partial charge on any atom is -0.457 e. The van der Waals surface area contributed by atoms with Gasteiger partial charge in [0.2, 0.25) is 5.82 Å². The molecule has 32 heavy (non-hydrogen) atoms. The number of hydrogen-bond donors (Lipinski definition) is 0. The van der Waals surface area contributed by atoms with E-state index in [1.165, 1.54) is 18.4 Å². The van der Waals surface area contributed by atoms with Crippen molar-refractivity contribution < 1.29 is 17.9 Å². The standard InChI is InChI=1S/C25H27N2O4S/c1-17(2)15-27(24-13-8-18(3)14-26-24)16-22-21(25(27)28)6-5-7-23(22)31-19-9-11-20(12-10-19)32(4,29)30/h5-14,17H,15-16H2,1-4H3/q+1. The van der Waals surface area contributed by atoms with Crippen molar-refractivity contribution in [2.75, 3.05) is 12.8 Å². The first-order valence-corrected chi connectivity index (χ1v) is 12.4. The molecule has 0 saturated carbocycles. The van der Waals surface area contributed by atoms with Gasteiger partial charge in [-0.05, 0) is 48.9 Å². The van der Waals surface area contributed by atoms with E-state index in [-0.39, 0.29) is 21.2 Å². The number of hydrogen-bond acceptors (Lipinski definition) is 5. The number of benzene rings is 2. The summed E-state index contributed by atoms with van der Waals surface area (Å²) in [6.07, 6.45) is 2.97. The Morgan fingerprint density at radius 3 is 2.38 bits per heavy atom. The summed E-state index contributed by atoms with van der Waals surface area (Å²) in [5.74, 6) is 2.14. The Balaban J connectivity index is 1.73. The molecule has 1 amide bonds. The van der Waals surface area contributed by atoms with Gasteiger partial charge in [-0.15, -0.1) is 0 Å². The van der Waals surface area contributed by atoms with Gasteiger partial charge in [0, 0.05) is 24.4 Å². The fraction of sp³-hybridized carbons (Fsp3) is 0.280. The Bertz CT molecular complexity index is 1270. The van der Waals surface area contributed by atoms with E-state index >= 15 is 0 Å². The fourth-order valence-electron chi connectivity index (χ4n) is 4.24. The number of amides is 1. The van der Waals surface area contributed by atoms with Gasteiger partial charge in [0.15, 0.2) is 9.84 Å². The maximum atomic E-state index is 13.7. The monoisotopic (exact) mass is 451 g/mol. The molecular formula is C25H27N2O4S+. The predicted octanol–water partition coefficient (Wildman–Crippen LogP) is 4.90. The van der Waals surface area contributed by atoms with Gasteiger partial charge in [0.25, 0.3) is 0 Å². The molecule has 0 radical (unpaired) electrons. The number of fused-ring (bicyclic) bond motifs is 1. The molecule has 0 fully saturated rings. The normalized spacial score (nSPS) is 18.1. The van der Waals surface area contributed by atoms with Crippen LogP contribution < -0.4 is 9.22 Å². The van der Waals surface area contributed by atoms with Crippen molar-refractivity contribution in [3.63, 3.8) is 0 Å². The van der Waals surface area contributed by atoms with Crippen LogP contribution in [0.4, 0.5) is 5.82 Å². The van der Waals surface area contributed by atoms with E-state index in [0.29, 0.717) is 30.2 Å². The second kappa shape index (κ2) is 8.15. The maximum Gasteiger partial charge on any atom is 0.353 e. The van der Waals surface area contributed by atoms with Gasteiger partial charge in [0.1, 0.15) is 18.0 Å². The molecule has 4 rings (SSSR count). The number of sulfone groups is 1. The number of quaternary nitrogens is 1. The number of aromatic nitrogens is 1. The highest BCUT2D eigenvalue weighted by molar-refractivity contribution is 7.90. The van der Waals surface area contributed by atoms with Crippen LogP contribution in [-0.4, -0.2) is 32.1 Å². The molecule has 1 aromatic heterocycles. The van der Waals surface area contributed by atoms with Crippen molar-refractivity contribution in [2.45, 2.75) is 32.2 Å². The fourth-order valence-corrected chi connectivity index (χ4v) is 4.87. The zero-order valence-electron chi connectivity index (χ0n) is 18.7. The lowest BCUT2D eigenvalue weighted by Gasteiger charge is -2.31. The summed E-state index contributed by atoms with van der Waals surface area (Å²) in [7, 11) is -3.28. The van der Waals surface area contributed by atoms with Gasteiger partial charge >= 0.3 is 5.91 Å². The number of rotatable bonds is 6. The second-order valence-corrected chi connectivity index (χ2v) is 10.8. The van der Waals surface area contributed by atoms with Crippen molar-refractivity contribution in [3.05, 3.63) is 77.5 Å². The number of aryl methyl sites for hydroxylation is 1. The van der Waals surface area contributed by atoms with Crippen LogP contribution in [0.15, 0.2) is 65.7 Å². The van der Waals surface area contributed by atoms with Crippen molar-refractivity contribution in [1.82, 2.24) is 9.47 Å². The molecule has 1 unspecified atom stereocenters. The summed E-state index contributed by atoms with van der Waals surface area (Å²) in [6, 6.07) is 15.7. The first-order valence-electron chi connectivity index (χ1n) is 10.6. The van der Waals surface area contributed by atoms with Crippen LogP contribution in [0.25, 0.3) is 0 Å². The summed E-state index contributed by atoms with van der Waals surface area (Å²) in [4.78, 5) is 18.6. The smallest absolute Gasteiger partial charge is 0.353 e. The first kappa shape index (κ1) is 22.2. The molecule has 0 saturated heterocycles. The molecular weight excluding hydrogens is 424 g/mol. The van der Waals surface area contributed by atoms with E-state index in [0.717, 1.165) is 16.9 Å². The molecule has 1 aliphatic heterocycles. The van der Waals surface area contributed by atoms with Gasteiger partial charge in [-0.2, -0.15) is 0 Å². The van der Waals surface area contributed by atoms with Gasteiger partial charge in [0.05, 0.1) is 22.6 Å². The molecule has 0 aliphatic carbocycles. The lowest BCUT2D eigenvalue weighted by Crippen LogP contribution is -2.52. The van der Waals surface area contributed by atoms with Crippen LogP contribution in [0.5, 0.6) is 11.5 Å². The van der Waals surface area contributed by atoms with Crippen molar-refractivity contribution >= 4 is 21.6 Å². The van der Waals surface area contributed by atoms with Crippen LogP contribution in [0.2, 0.25) is 0 Å². The molecule has 166 valence electrons. The molecule has 1 aliphatic rings. The third-order valence-electron chi connectivity index (χ3n) is 5.67. The van der Waals surface area contributed by atoms with Gasteiger partial charge < -0.3 is 4.74 Å². The Morgan fingerprint density at radius 2 is 1.78 bits per heavy atom. The van der Waals surface area contributed by atoms with Gasteiger partial charge in [-0.1, -0.05) is 26.0 Å². The molecule has 2 aromatic carbocycles. The van der Waals surface area contributed by atoms with Crippen LogP contribution >= 0.6 is 0 Å². The summed E-state index contributed by atoms with van der Waals surface area (Å²) in [6.45, 7) is 7.27. The van der Waals surface area contributed by atoms with Crippen molar-refractivity contribution in [1.29, 1.82) is 0 Å². The Labute approximate surface area is 189 Å². The van der Waals surface area contributed by atoms with E-state index in [1.54, 1.807) is 18.3 Å². The number of ether oxygens (including phenoxy) is 1. The average molecular weight is 452 g/mol. The molecule has 7 heteroatoms. The van der Waals surface area contributed by atoms with E-state index in [2.05, 4.69) is 18.8 Å². The average Bonchev–Trinajstić information content (AvgIpc) is 3.01. The summed E-state index contributed by atoms with van der Waals surface area (Å²) >= 11 is 0. The molecule has 0 spiro atoms. The van der Waals surface area contributed by atoms with Crippen LogP contribution in [0.1, 0.15) is 35.3 Å². The van der Waals surface area contributed by atoms with Gasteiger partial charge in [-0.3, -0.25) is 0 Å². The molecule has 2 heterocycles. The maximum absolute atomic E-state index is 13.7. The third kappa shape index (κ3) is 4.06. The van der Waals surface area contributed by atoms with E-state index < -0.39 is 9.84 Å². The molecule has 1 atom stereocenters. The zero-order chi connectivity index (χ0) is 23.1. The Kier molecular flexibility index (Phi) is 5.65. The molecule has 3 aromatic rings. The lowest BCUT2D eigenvalue weighted by atomic mass is 10.1. The van der Waals surface area contributed by atoms with Crippen LogP contribution in [-0.2, 0) is 16.4 Å². The second-order valence-electron chi connectivity index (χ2n) is 8.83. The predicted molar refractivity (Wildman–Crippen MR) is 125 cm³/mol. The van der Waals surface area contributed by atoms with Crippen LogP contribution in [0.3, 0.4) is 0 Å². The molecule has 6 nitrogen and oxygen atoms in total. The number of carbonyl (C=O) groups is 1. The van der Waals surface area contributed by atoms with Crippen molar-refractivity contribution in [3.8, 4) is 11.5 Å². The van der Waals surface area contributed by atoms with Crippen molar-refractivity contribution in [2.24, 2.45) is 5.92 Å². The molecule has 0 N–H and O–H groups in total. The van der Waals surface area contributed by atoms with Crippen LogP contribution in [0, 0.1) is 12.8 Å². The largest absolute Gasteiger partial charge is 0.457 e. The number of pyridine rings is 1. The van der Waals surface area contributed by atoms with E-state index in [1.807, 2.05) is 37.3 Å². The Hall–Kier alpha value is -3.03. The zero-order valence-corrected chi connectivity index (χ0v) is 19.5. The first-order chi connectivity index (χ1) is 15.1. The molecule has 0 bridgehead atoms. The SMILES string of the molecule is Cc1ccc([N+]2(CC(C)C)Cc3c(Oc4ccc(S(C)(=O)=O)cc4)cccc3C2=O)nc1.